The van der Waals surface area contributed by atoms with Gasteiger partial charge in [0.1, 0.15) is 5.60 Å². The first-order valence-electron chi connectivity index (χ1n) is 9.88. The van der Waals surface area contributed by atoms with Crippen LogP contribution in [0.15, 0.2) is 24.3 Å². The van der Waals surface area contributed by atoms with Crippen molar-refractivity contribution in [2.24, 2.45) is 5.92 Å². The molecule has 6 nitrogen and oxygen atoms in total. The maximum atomic E-state index is 13.2. The number of rotatable bonds is 4. The lowest BCUT2D eigenvalue weighted by atomic mass is 9.96. The molecule has 28 heavy (non-hydrogen) atoms. The van der Waals surface area contributed by atoms with Crippen molar-refractivity contribution in [2.45, 2.75) is 65.6 Å². The highest BCUT2D eigenvalue weighted by molar-refractivity contribution is 5.80. The number of ether oxygens (including phenoxy) is 1. The lowest BCUT2D eigenvalue weighted by Crippen LogP contribution is -2.49. The van der Waals surface area contributed by atoms with E-state index in [0.717, 1.165) is 18.4 Å². The maximum Gasteiger partial charge on any atom is 0.410 e. The average Bonchev–Trinajstić information content (AvgIpc) is 2.64. The zero-order chi connectivity index (χ0) is 20.9. The van der Waals surface area contributed by atoms with E-state index in [1.165, 1.54) is 0 Å². The van der Waals surface area contributed by atoms with Crippen LogP contribution < -0.4 is 0 Å². The van der Waals surface area contributed by atoms with Crippen LogP contribution in [0.3, 0.4) is 0 Å². The summed E-state index contributed by atoms with van der Waals surface area (Å²) in [5.41, 5.74) is 1.04. The van der Waals surface area contributed by atoms with Crippen LogP contribution in [0.4, 0.5) is 4.79 Å². The normalized spacial score (nSPS) is 17.2. The molecule has 1 heterocycles. The fourth-order valence-corrected chi connectivity index (χ4v) is 3.30. The zero-order valence-electron chi connectivity index (χ0n) is 17.6. The second kappa shape index (κ2) is 9.09. The molecule has 0 aliphatic carbocycles. The molecule has 0 N–H and O–H groups in total. The van der Waals surface area contributed by atoms with Crippen molar-refractivity contribution in [2.75, 3.05) is 13.1 Å². The molecule has 1 aromatic carbocycles. The molecule has 1 aliphatic heterocycles. The standard InChI is InChI=1S/C22H31N3O3/c1-16(2)25(14-18-10-8-17(13-23)9-11-18)20(26)19-7-6-12-24(15-19)21(27)28-22(3,4)5/h8-11,16,19H,6-7,12,14-15H2,1-5H3. The zero-order valence-corrected chi connectivity index (χ0v) is 17.6. The van der Waals surface area contributed by atoms with Crippen molar-refractivity contribution < 1.29 is 14.3 Å². The molecule has 1 unspecified atom stereocenters. The summed E-state index contributed by atoms with van der Waals surface area (Å²) in [6.45, 7) is 11.0. The first kappa shape index (κ1) is 21.7. The van der Waals surface area contributed by atoms with Gasteiger partial charge >= 0.3 is 6.09 Å². The Balaban J connectivity index is 2.07. The van der Waals surface area contributed by atoms with Gasteiger partial charge in [-0.3, -0.25) is 4.79 Å². The molecule has 2 amide bonds. The summed E-state index contributed by atoms with van der Waals surface area (Å²) < 4.78 is 5.47. The summed E-state index contributed by atoms with van der Waals surface area (Å²) in [6, 6.07) is 9.45. The van der Waals surface area contributed by atoms with Crippen molar-refractivity contribution in [1.82, 2.24) is 9.80 Å². The summed E-state index contributed by atoms with van der Waals surface area (Å²) in [7, 11) is 0. The van der Waals surface area contributed by atoms with Crippen LogP contribution in [0.5, 0.6) is 0 Å². The van der Waals surface area contributed by atoms with Crippen molar-refractivity contribution >= 4 is 12.0 Å². The third-order valence-corrected chi connectivity index (χ3v) is 4.76. The Bertz CT molecular complexity index is 729. The number of likely N-dealkylation sites (tertiary alicyclic amines) is 1. The van der Waals surface area contributed by atoms with Crippen molar-refractivity contribution in [1.29, 1.82) is 5.26 Å². The van der Waals surface area contributed by atoms with Gasteiger partial charge in [0.2, 0.25) is 5.91 Å². The molecule has 0 spiro atoms. The number of amides is 2. The minimum Gasteiger partial charge on any atom is -0.444 e. The number of carbonyl (C=O) groups excluding carboxylic acids is 2. The number of nitriles is 1. The van der Waals surface area contributed by atoms with E-state index in [4.69, 9.17) is 10.00 Å². The highest BCUT2D eigenvalue weighted by Gasteiger charge is 2.33. The highest BCUT2D eigenvalue weighted by Crippen LogP contribution is 2.23. The Kier molecular flexibility index (Phi) is 7.06. The number of nitrogens with zero attached hydrogens (tertiary/aromatic N) is 3. The van der Waals surface area contributed by atoms with Gasteiger partial charge in [-0.2, -0.15) is 5.26 Å². The molecule has 0 aromatic heterocycles. The van der Waals surface area contributed by atoms with E-state index in [1.807, 2.05) is 51.7 Å². The molecule has 0 radical (unpaired) electrons. The Morgan fingerprint density at radius 2 is 1.93 bits per heavy atom. The molecule has 1 atom stereocenters. The van der Waals surface area contributed by atoms with E-state index in [9.17, 15) is 9.59 Å². The smallest absolute Gasteiger partial charge is 0.410 e. The fourth-order valence-electron chi connectivity index (χ4n) is 3.30. The quantitative estimate of drug-likeness (QED) is 0.787. The van der Waals surface area contributed by atoms with Crippen LogP contribution in [0, 0.1) is 17.2 Å². The number of hydrogen-bond donors (Lipinski definition) is 0. The minimum absolute atomic E-state index is 0.0417. The third-order valence-electron chi connectivity index (χ3n) is 4.76. The predicted molar refractivity (Wildman–Crippen MR) is 107 cm³/mol. The number of piperidine rings is 1. The third kappa shape index (κ3) is 5.98. The number of carbonyl (C=O) groups is 2. The Labute approximate surface area is 168 Å². The molecule has 1 aromatic rings. The van der Waals surface area contributed by atoms with Crippen LogP contribution in [0.25, 0.3) is 0 Å². The van der Waals surface area contributed by atoms with Gasteiger partial charge < -0.3 is 14.5 Å². The lowest BCUT2D eigenvalue weighted by Gasteiger charge is -2.37. The fraction of sp³-hybridized carbons (Fsp3) is 0.591. The van der Waals surface area contributed by atoms with E-state index in [0.29, 0.717) is 25.2 Å². The van der Waals surface area contributed by atoms with Gasteiger partial charge in [-0.25, -0.2) is 4.79 Å². The average molecular weight is 386 g/mol. The van der Waals surface area contributed by atoms with Gasteiger partial charge in [-0.1, -0.05) is 12.1 Å². The van der Waals surface area contributed by atoms with Crippen molar-refractivity contribution in [3.05, 3.63) is 35.4 Å². The van der Waals surface area contributed by atoms with Crippen LogP contribution in [0.1, 0.15) is 58.6 Å². The molecule has 0 saturated carbocycles. The van der Waals surface area contributed by atoms with Crippen molar-refractivity contribution in [3.8, 4) is 6.07 Å². The molecule has 6 heteroatoms. The first-order chi connectivity index (χ1) is 13.1. The summed E-state index contributed by atoms with van der Waals surface area (Å²) >= 11 is 0. The van der Waals surface area contributed by atoms with E-state index in [-0.39, 0.29) is 24.0 Å². The van der Waals surface area contributed by atoms with Crippen LogP contribution in [-0.2, 0) is 16.1 Å². The van der Waals surface area contributed by atoms with E-state index in [1.54, 1.807) is 17.0 Å². The predicted octanol–water partition coefficient (Wildman–Crippen LogP) is 3.94. The second-order valence-corrected chi connectivity index (χ2v) is 8.63. The summed E-state index contributed by atoms with van der Waals surface area (Å²) in [6.07, 6.45) is 1.21. The monoisotopic (exact) mass is 385 g/mol. The maximum absolute atomic E-state index is 13.2. The topological polar surface area (TPSA) is 73.6 Å². The van der Waals surface area contributed by atoms with Crippen LogP contribution in [0.2, 0.25) is 0 Å². The van der Waals surface area contributed by atoms with Gasteiger partial charge in [0.15, 0.2) is 0 Å². The summed E-state index contributed by atoms with van der Waals surface area (Å²) in [4.78, 5) is 29.1. The van der Waals surface area contributed by atoms with E-state index < -0.39 is 5.60 Å². The van der Waals surface area contributed by atoms with Gasteiger partial charge in [0.05, 0.1) is 17.6 Å². The van der Waals surface area contributed by atoms with Crippen molar-refractivity contribution in [3.63, 3.8) is 0 Å². The summed E-state index contributed by atoms with van der Waals surface area (Å²) in [5.74, 6) is -0.158. The van der Waals surface area contributed by atoms with Gasteiger partial charge in [0.25, 0.3) is 0 Å². The first-order valence-corrected chi connectivity index (χ1v) is 9.88. The van der Waals surface area contributed by atoms with Crippen LogP contribution >= 0.6 is 0 Å². The highest BCUT2D eigenvalue weighted by atomic mass is 16.6. The Morgan fingerprint density at radius 1 is 1.29 bits per heavy atom. The lowest BCUT2D eigenvalue weighted by molar-refractivity contribution is -0.139. The van der Waals surface area contributed by atoms with Gasteiger partial charge in [0, 0.05) is 25.7 Å². The molecule has 0 bridgehead atoms. The minimum atomic E-state index is -0.548. The molecule has 1 aliphatic rings. The SMILES string of the molecule is CC(C)N(Cc1ccc(C#N)cc1)C(=O)C1CCCN(C(=O)OC(C)(C)C)C1. The number of hydrogen-bond acceptors (Lipinski definition) is 4. The molecular formula is C22H31N3O3. The summed E-state index contributed by atoms with van der Waals surface area (Å²) in [5, 5.41) is 8.94. The van der Waals surface area contributed by atoms with E-state index >= 15 is 0 Å². The van der Waals surface area contributed by atoms with Gasteiger partial charge in [-0.05, 0) is 65.2 Å². The molecular weight excluding hydrogens is 354 g/mol. The van der Waals surface area contributed by atoms with E-state index in [2.05, 4.69) is 6.07 Å². The Morgan fingerprint density at radius 3 is 2.46 bits per heavy atom. The largest absolute Gasteiger partial charge is 0.444 e. The molecule has 1 saturated heterocycles. The Hall–Kier alpha value is -2.55. The second-order valence-electron chi connectivity index (χ2n) is 8.63. The molecule has 152 valence electrons. The van der Waals surface area contributed by atoms with Gasteiger partial charge in [-0.15, -0.1) is 0 Å². The molecule has 2 rings (SSSR count). The molecule has 1 fully saturated rings. The van der Waals surface area contributed by atoms with Crippen LogP contribution in [-0.4, -0.2) is 46.5 Å². The number of benzene rings is 1.